The summed E-state index contributed by atoms with van der Waals surface area (Å²) in [5, 5.41) is 0. The smallest absolute Gasteiger partial charge is 0.254 e. The monoisotopic (exact) mass is 359 g/mol. The molecule has 2 aliphatic heterocycles. The van der Waals surface area contributed by atoms with Gasteiger partial charge in [0.25, 0.3) is 11.8 Å². The quantitative estimate of drug-likeness (QED) is 0.776. The lowest BCUT2D eigenvalue weighted by Gasteiger charge is -2.27. The zero-order valence-corrected chi connectivity index (χ0v) is 15.7. The molecule has 142 valence electrons. The Morgan fingerprint density at radius 1 is 1.00 bits per heavy atom. The minimum atomic E-state index is 0.00804. The number of rotatable bonds is 6. The minimum Gasteiger partial charge on any atom is -0.378 e. The molecule has 2 aliphatic rings. The van der Waals surface area contributed by atoms with Gasteiger partial charge in [0.05, 0.1) is 13.2 Å². The summed E-state index contributed by atoms with van der Waals surface area (Å²) in [4.78, 5) is 31.4. The lowest BCUT2D eigenvalue weighted by atomic mass is 10.1. The highest BCUT2D eigenvalue weighted by Gasteiger charge is 2.20. The molecule has 0 spiro atoms. The van der Waals surface area contributed by atoms with Crippen LogP contribution in [-0.4, -0.2) is 85.5 Å². The van der Waals surface area contributed by atoms with Crippen molar-refractivity contribution in [1.29, 1.82) is 0 Å². The Labute approximate surface area is 155 Å². The third kappa shape index (κ3) is 4.62. The standard InChI is InChI=1S/C20H29N3O3/c1-2-22(12-11-21-9-3-4-10-21)19(24)17-5-7-18(8-6-17)20(25)23-13-15-26-16-14-23/h5-8H,2-4,9-16H2,1H3. The van der Waals surface area contributed by atoms with Crippen LogP contribution in [0.5, 0.6) is 0 Å². The predicted octanol–water partition coefficient (Wildman–Crippen LogP) is 1.72. The number of morpholine rings is 1. The van der Waals surface area contributed by atoms with Crippen LogP contribution < -0.4 is 0 Å². The Balaban J connectivity index is 1.58. The number of hydrogen-bond donors (Lipinski definition) is 0. The molecule has 1 aromatic carbocycles. The lowest BCUT2D eigenvalue weighted by molar-refractivity contribution is 0.0303. The Morgan fingerprint density at radius 2 is 1.62 bits per heavy atom. The average Bonchev–Trinajstić information content (AvgIpc) is 3.22. The molecule has 26 heavy (non-hydrogen) atoms. The molecule has 0 radical (unpaired) electrons. The molecular weight excluding hydrogens is 330 g/mol. The highest BCUT2D eigenvalue weighted by atomic mass is 16.5. The number of benzene rings is 1. The number of carbonyl (C=O) groups is 2. The van der Waals surface area contributed by atoms with Crippen LogP contribution in [0.2, 0.25) is 0 Å². The Kier molecular flexibility index (Phi) is 6.63. The van der Waals surface area contributed by atoms with Gasteiger partial charge in [-0.1, -0.05) is 0 Å². The maximum Gasteiger partial charge on any atom is 0.254 e. The van der Waals surface area contributed by atoms with Gasteiger partial charge in [0, 0.05) is 43.9 Å². The zero-order chi connectivity index (χ0) is 18.4. The van der Waals surface area contributed by atoms with Gasteiger partial charge in [-0.05, 0) is 57.1 Å². The average molecular weight is 359 g/mol. The van der Waals surface area contributed by atoms with Crippen molar-refractivity contribution in [1.82, 2.24) is 14.7 Å². The maximum atomic E-state index is 12.8. The summed E-state index contributed by atoms with van der Waals surface area (Å²) >= 11 is 0. The molecule has 1 aromatic rings. The first-order chi connectivity index (χ1) is 12.7. The first-order valence-corrected chi connectivity index (χ1v) is 9.67. The Hall–Kier alpha value is -1.92. The molecule has 0 unspecified atom stereocenters. The van der Waals surface area contributed by atoms with E-state index in [1.54, 1.807) is 29.2 Å². The Morgan fingerprint density at radius 3 is 2.23 bits per heavy atom. The third-order valence-electron chi connectivity index (χ3n) is 5.23. The summed E-state index contributed by atoms with van der Waals surface area (Å²) in [6.45, 7) is 9.11. The highest BCUT2D eigenvalue weighted by Crippen LogP contribution is 2.12. The van der Waals surface area contributed by atoms with E-state index in [-0.39, 0.29) is 11.8 Å². The van der Waals surface area contributed by atoms with Gasteiger partial charge in [-0.15, -0.1) is 0 Å². The van der Waals surface area contributed by atoms with Crippen molar-refractivity contribution in [3.63, 3.8) is 0 Å². The van der Waals surface area contributed by atoms with Crippen LogP contribution in [-0.2, 0) is 4.74 Å². The largest absolute Gasteiger partial charge is 0.378 e. The molecule has 2 heterocycles. The number of likely N-dealkylation sites (tertiary alicyclic amines) is 1. The van der Waals surface area contributed by atoms with Gasteiger partial charge < -0.3 is 19.4 Å². The Bertz CT molecular complexity index is 605. The van der Waals surface area contributed by atoms with E-state index in [0.29, 0.717) is 44.0 Å². The molecule has 6 heteroatoms. The molecule has 3 rings (SSSR count). The van der Waals surface area contributed by atoms with Crippen LogP contribution in [0.25, 0.3) is 0 Å². The molecule has 0 aromatic heterocycles. The first kappa shape index (κ1) is 18.9. The second-order valence-electron chi connectivity index (χ2n) is 6.92. The van der Waals surface area contributed by atoms with Crippen molar-refractivity contribution in [2.45, 2.75) is 19.8 Å². The fourth-order valence-corrected chi connectivity index (χ4v) is 3.56. The van der Waals surface area contributed by atoms with Gasteiger partial charge in [-0.25, -0.2) is 0 Å². The van der Waals surface area contributed by atoms with Crippen molar-refractivity contribution in [3.05, 3.63) is 35.4 Å². The molecule has 0 bridgehead atoms. The van der Waals surface area contributed by atoms with Crippen LogP contribution in [0, 0.1) is 0 Å². The fourth-order valence-electron chi connectivity index (χ4n) is 3.56. The van der Waals surface area contributed by atoms with Crippen molar-refractivity contribution in [3.8, 4) is 0 Å². The van der Waals surface area contributed by atoms with E-state index in [0.717, 1.165) is 26.2 Å². The highest BCUT2D eigenvalue weighted by molar-refractivity contribution is 5.97. The molecule has 2 fully saturated rings. The second kappa shape index (κ2) is 9.14. The van der Waals surface area contributed by atoms with Crippen molar-refractivity contribution < 1.29 is 14.3 Å². The minimum absolute atomic E-state index is 0.00804. The van der Waals surface area contributed by atoms with E-state index >= 15 is 0 Å². The number of amides is 2. The molecule has 0 N–H and O–H groups in total. The number of nitrogens with zero attached hydrogens (tertiary/aromatic N) is 3. The molecule has 2 amide bonds. The number of carbonyl (C=O) groups excluding carboxylic acids is 2. The van der Waals surface area contributed by atoms with Crippen molar-refractivity contribution in [2.75, 3.05) is 59.0 Å². The molecule has 0 atom stereocenters. The van der Waals surface area contributed by atoms with Crippen LogP contribution in [0.3, 0.4) is 0 Å². The van der Waals surface area contributed by atoms with Crippen LogP contribution in [0.15, 0.2) is 24.3 Å². The number of likely N-dealkylation sites (N-methyl/N-ethyl adjacent to an activating group) is 1. The molecule has 6 nitrogen and oxygen atoms in total. The summed E-state index contributed by atoms with van der Waals surface area (Å²) < 4.78 is 5.29. The third-order valence-corrected chi connectivity index (χ3v) is 5.23. The summed E-state index contributed by atoms with van der Waals surface area (Å²) in [5.41, 5.74) is 1.27. The lowest BCUT2D eigenvalue weighted by Crippen LogP contribution is -2.40. The van der Waals surface area contributed by atoms with Gasteiger partial charge >= 0.3 is 0 Å². The molecule has 0 saturated carbocycles. The molecule has 2 saturated heterocycles. The van der Waals surface area contributed by atoms with Gasteiger partial charge in [0.2, 0.25) is 0 Å². The van der Waals surface area contributed by atoms with Crippen LogP contribution in [0.4, 0.5) is 0 Å². The van der Waals surface area contributed by atoms with E-state index in [9.17, 15) is 9.59 Å². The van der Waals surface area contributed by atoms with Crippen LogP contribution >= 0.6 is 0 Å². The maximum absolute atomic E-state index is 12.8. The van der Waals surface area contributed by atoms with Gasteiger partial charge in [0.15, 0.2) is 0 Å². The summed E-state index contributed by atoms with van der Waals surface area (Å²) in [6, 6.07) is 7.07. The predicted molar refractivity (Wildman–Crippen MR) is 100 cm³/mol. The topological polar surface area (TPSA) is 53.1 Å². The SMILES string of the molecule is CCN(CCN1CCCC1)C(=O)c1ccc(C(=O)N2CCOCC2)cc1. The summed E-state index contributed by atoms with van der Waals surface area (Å²) in [6.07, 6.45) is 2.53. The summed E-state index contributed by atoms with van der Waals surface area (Å²) in [5.74, 6) is 0.0470. The van der Waals surface area contributed by atoms with Crippen LogP contribution in [0.1, 0.15) is 40.5 Å². The van der Waals surface area contributed by atoms with Crippen molar-refractivity contribution in [2.24, 2.45) is 0 Å². The number of ether oxygens (including phenoxy) is 1. The normalized spacial score (nSPS) is 18.1. The van der Waals surface area contributed by atoms with E-state index < -0.39 is 0 Å². The van der Waals surface area contributed by atoms with Crippen molar-refractivity contribution >= 4 is 11.8 Å². The van der Waals surface area contributed by atoms with Gasteiger partial charge in [-0.2, -0.15) is 0 Å². The molecular formula is C20H29N3O3. The first-order valence-electron chi connectivity index (χ1n) is 9.67. The second-order valence-corrected chi connectivity index (χ2v) is 6.92. The number of hydrogen-bond acceptors (Lipinski definition) is 4. The zero-order valence-electron chi connectivity index (χ0n) is 15.7. The van der Waals surface area contributed by atoms with Gasteiger partial charge in [0.1, 0.15) is 0 Å². The fraction of sp³-hybridized carbons (Fsp3) is 0.600. The van der Waals surface area contributed by atoms with E-state index in [4.69, 9.17) is 4.74 Å². The van der Waals surface area contributed by atoms with E-state index in [2.05, 4.69) is 4.90 Å². The van der Waals surface area contributed by atoms with Gasteiger partial charge in [-0.3, -0.25) is 9.59 Å². The van der Waals surface area contributed by atoms with E-state index in [1.807, 2.05) is 11.8 Å². The van der Waals surface area contributed by atoms with E-state index in [1.165, 1.54) is 12.8 Å². The summed E-state index contributed by atoms with van der Waals surface area (Å²) in [7, 11) is 0. The molecule has 0 aliphatic carbocycles.